The molecule has 3 atom stereocenters. The number of rotatable bonds is 3. The topological polar surface area (TPSA) is 94.4 Å². The van der Waals surface area contributed by atoms with Crippen molar-refractivity contribution in [1.82, 2.24) is 4.98 Å². The van der Waals surface area contributed by atoms with Gasteiger partial charge in [0.15, 0.2) is 0 Å². The minimum Gasteiger partial charge on any atom is -0.390 e. The second-order valence-corrected chi connectivity index (χ2v) is 7.74. The van der Waals surface area contributed by atoms with Crippen molar-refractivity contribution in [2.24, 2.45) is 11.5 Å². The average Bonchev–Trinajstić information content (AvgIpc) is 2.68. The number of pyridine rings is 1. The predicted molar refractivity (Wildman–Crippen MR) is 131 cm³/mol. The third-order valence-electron chi connectivity index (χ3n) is 4.25. The molecule has 0 aliphatic carbocycles. The first-order valence-corrected chi connectivity index (χ1v) is 11.1. The van der Waals surface area contributed by atoms with E-state index in [-0.39, 0.29) is 6.10 Å². The second-order valence-electron chi connectivity index (χ2n) is 6.92. The first-order chi connectivity index (χ1) is 13.7. The number of aromatic nitrogens is 1. The molecule has 1 fully saturated rings. The number of hydrogen-bond acceptors (Lipinski definition) is 5. The average molecular weight is 426 g/mol. The molecule has 29 heavy (non-hydrogen) atoms. The van der Waals surface area contributed by atoms with Crippen molar-refractivity contribution in [3.8, 4) is 0 Å². The Hall–Kier alpha value is -1.10. The van der Waals surface area contributed by atoms with E-state index in [4.69, 9.17) is 10.5 Å². The van der Waals surface area contributed by atoms with E-state index in [1.165, 1.54) is 13.2 Å². The molecule has 2 rings (SSSR count). The lowest BCUT2D eigenvalue weighted by Gasteiger charge is -2.40. The van der Waals surface area contributed by atoms with Gasteiger partial charge < -0.3 is 21.3 Å². The normalized spacial score (nSPS) is 19.9. The van der Waals surface area contributed by atoms with Crippen molar-refractivity contribution in [2.45, 2.75) is 79.2 Å². The number of aryl methyl sites for hydroxylation is 2. The van der Waals surface area contributed by atoms with Crippen LogP contribution in [0.1, 0.15) is 63.6 Å². The number of nitrogens with two attached hydrogens (primary N) is 2. The van der Waals surface area contributed by atoms with E-state index in [1.807, 2.05) is 52.8 Å². The maximum atomic E-state index is 10.0. The number of ether oxygens (including phenoxy) is 1. The molecule has 0 radical (unpaired) electrons. The summed E-state index contributed by atoms with van der Waals surface area (Å²) < 4.78 is 5.97. The number of aliphatic hydroxyl groups excluding tert-OH is 1. The van der Waals surface area contributed by atoms with Crippen molar-refractivity contribution < 1.29 is 9.84 Å². The molecule has 1 aromatic rings. The fraction of sp³-hybridized carbons (Fsp3) is 0.609. The summed E-state index contributed by atoms with van der Waals surface area (Å²) in [6.45, 7) is 18.4. The fourth-order valence-corrected chi connectivity index (χ4v) is 2.74. The largest absolute Gasteiger partial charge is 0.390 e. The highest BCUT2D eigenvalue weighted by atomic mass is 31.0. The molecule has 0 aromatic carbocycles. The lowest BCUT2D eigenvalue weighted by Crippen LogP contribution is -2.47. The quantitative estimate of drug-likeness (QED) is 0.500. The van der Waals surface area contributed by atoms with E-state index in [0.29, 0.717) is 13.0 Å². The maximum Gasteiger partial charge on any atom is 0.0976 e. The summed E-state index contributed by atoms with van der Waals surface area (Å²) in [5.74, 6) is 0. The Bertz CT molecular complexity index is 608. The lowest BCUT2D eigenvalue weighted by atomic mass is 9.88. The van der Waals surface area contributed by atoms with Gasteiger partial charge in [-0.2, -0.15) is 0 Å². The van der Waals surface area contributed by atoms with Crippen LogP contribution in [0.15, 0.2) is 24.3 Å². The number of nitrogens with zero attached hydrogens (tertiary/aromatic N) is 1. The van der Waals surface area contributed by atoms with Gasteiger partial charge in [-0.15, -0.1) is 9.24 Å². The third-order valence-corrected chi connectivity index (χ3v) is 4.25. The summed E-state index contributed by atoms with van der Waals surface area (Å²) in [5, 5.41) is 10.0. The summed E-state index contributed by atoms with van der Waals surface area (Å²) in [6, 6.07) is 2.01. The Balaban J connectivity index is 0. The molecule has 0 bridgehead atoms. The van der Waals surface area contributed by atoms with Crippen LogP contribution in [0.4, 0.5) is 0 Å². The van der Waals surface area contributed by atoms with Crippen LogP contribution in [0.2, 0.25) is 0 Å². The van der Waals surface area contributed by atoms with E-state index in [1.54, 1.807) is 0 Å². The zero-order valence-corrected chi connectivity index (χ0v) is 20.9. The Labute approximate surface area is 181 Å². The molecule has 1 saturated heterocycles. The Morgan fingerprint density at radius 1 is 1.34 bits per heavy atom. The summed E-state index contributed by atoms with van der Waals surface area (Å²) in [5.41, 5.74) is 14.6. The summed E-state index contributed by atoms with van der Waals surface area (Å²) >= 11 is 0. The van der Waals surface area contributed by atoms with Gasteiger partial charge in [-0.1, -0.05) is 39.5 Å². The van der Waals surface area contributed by atoms with Gasteiger partial charge in [0.25, 0.3) is 0 Å². The van der Waals surface area contributed by atoms with E-state index >= 15 is 0 Å². The van der Waals surface area contributed by atoms with Crippen LogP contribution in [-0.4, -0.2) is 41.1 Å². The molecular weight excluding hydrogens is 381 g/mol. The van der Waals surface area contributed by atoms with E-state index < -0.39 is 11.7 Å². The minimum atomic E-state index is -0.568. The van der Waals surface area contributed by atoms with Crippen molar-refractivity contribution in [2.75, 3.05) is 13.2 Å². The van der Waals surface area contributed by atoms with Crippen LogP contribution < -0.4 is 11.5 Å². The van der Waals surface area contributed by atoms with Crippen LogP contribution in [0, 0.1) is 13.8 Å². The lowest BCUT2D eigenvalue weighted by molar-refractivity contribution is -0.134. The summed E-state index contributed by atoms with van der Waals surface area (Å²) in [7, 11) is 4.08. The van der Waals surface area contributed by atoms with E-state index in [9.17, 15) is 5.11 Å². The molecule has 3 unspecified atom stereocenters. The second kappa shape index (κ2) is 15.7. The van der Waals surface area contributed by atoms with Crippen molar-refractivity contribution in [1.29, 1.82) is 0 Å². The number of aliphatic hydroxyl groups is 1. The molecule has 1 aliphatic heterocycles. The van der Waals surface area contributed by atoms with Crippen LogP contribution >= 0.6 is 9.24 Å². The highest BCUT2D eigenvalue weighted by Gasteiger charge is 2.37. The fourth-order valence-electron chi connectivity index (χ4n) is 2.74. The van der Waals surface area contributed by atoms with Gasteiger partial charge in [0, 0.05) is 12.2 Å². The standard InChI is InChI=1S/C18H26N2O2.C2H7P.C2H6.CH5N/c1-11-8-14(10-19)20-13(3)15(11)6-7-16-12(2)9-17(21)18(4,5)22-16;1-2-3;2*1-2/h6-8,16-17,21H,2,9-10,19H2,1,3-5H3;2-3H2,1H3;1-2H3;2H2,1H3. The Kier molecular flexibility index (Phi) is 16.3. The van der Waals surface area contributed by atoms with Crippen LogP contribution in [-0.2, 0) is 11.3 Å². The van der Waals surface area contributed by atoms with Gasteiger partial charge in [-0.3, -0.25) is 4.98 Å². The van der Waals surface area contributed by atoms with Crippen molar-refractivity contribution >= 4 is 15.3 Å². The number of hydrogen-bond donors (Lipinski definition) is 3. The molecule has 0 spiro atoms. The van der Waals surface area contributed by atoms with E-state index in [0.717, 1.165) is 28.1 Å². The first-order valence-electron chi connectivity index (χ1n) is 10.3. The zero-order chi connectivity index (χ0) is 23.2. The van der Waals surface area contributed by atoms with Gasteiger partial charge in [0.1, 0.15) is 0 Å². The van der Waals surface area contributed by atoms with Crippen LogP contribution in [0.25, 0.3) is 6.08 Å². The highest BCUT2D eigenvalue weighted by Crippen LogP contribution is 2.32. The molecule has 0 amide bonds. The molecular formula is C23H44N3O2P. The Morgan fingerprint density at radius 3 is 2.31 bits per heavy atom. The van der Waals surface area contributed by atoms with Gasteiger partial charge in [-0.25, -0.2) is 0 Å². The van der Waals surface area contributed by atoms with Crippen LogP contribution in [0.5, 0.6) is 0 Å². The van der Waals surface area contributed by atoms with Crippen LogP contribution in [0.3, 0.4) is 0 Å². The zero-order valence-electron chi connectivity index (χ0n) is 19.7. The summed E-state index contributed by atoms with van der Waals surface area (Å²) in [4.78, 5) is 4.50. The van der Waals surface area contributed by atoms with E-state index in [2.05, 4.69) is 40.4 Å². The Morgan fingerprint density at radius 2 is 1.86 bits per heavy atom. The minimum absolute atomic E-state index is 0.189. The van der Waals surface area contributed by atoms with Gasteiger partial charge >= 0.3 is 0 Å². The van der Waals surface area contributed by atoms with Gasteiger partial charge in [-0.05, 0) is 70.1 Å². The monoisotopic (exact) mass is 425 g/mol. The smallest absolute Gasteiger partial charge is 0.0976 e. The molecule has 2 heterocycles. The van der Waals surface area contributed by atoms with Gasteiger partial charge in [0.2, 0.25) is 0 Å². The molecule has 1 aromatic heterocycles. The summed E-state index contributed by atoms with van der Waals surface area (Å²) in [6.07, 6.45) is 5.05. The van der Waals surface area contributed by atoms with Gasteiger partial charge in [0.05, 0.1) is 23.5 Å². The third kappa shape index (κ3) is 9.97. The molecule has 0 saturated carbocycles. The molecule has 5 N–H and O–H groups in total. The molecule has 1 aliphatic rings. The SMILES string of the molecule is C=C1CC(O)C(C)(C)OC1C=Cc1c(C)cc(CN)nc1C.CC.CCP.CN. The van der Waals surface area contributed by atoms with Crippen molar-refractivity contribution in [3.63, 3.8) is 0 Å². The first kappa shape index (κ1) is 30.1. The maximum absolute atomic E-state index is 10.0. The van der Waals surface area contributed by atoms with Crippen molar-refractivity contribution in [3.05, 3.63) is 46.8 Å². The molecule has 5 nitrogen and oxygen atoms in total. The predicted octanol–water partition coefficient (Wildman–Crippen LogP) is 4.14. The molecule has 168 valence electrons. The molecule has 6 heteroatoms. The highest BCUT2D eigenvalue weighted by molar-refractivity contribution is 7.16.